The first-order valence-corrected chi connectivity index (χ1v) is 12.7. The molecule has 6 nitrogen and oxygen atoms in total. The number of rotatable bonds is 5. The minimum absolute atomic E-state index is 0.204. The zero-order chi connectivity index (χ0) is 21.8. The van der Waals surface area contributed by atoms with E-state index in [0.29, 0.717) is 42.7 Å². The molecule has 1 fully saturated rings. The number of benzene rings is 2. The van der Waals surface area contributed by atoms with Crippen molar-refractivity contribution >= 4 is 32.9 Å². The van der Waals surface area contributed by atoms with Crippen LogP contribution in [0.5, 0.6) is 0 Å². The van der Waals surface area contributed by atoms with E-state index in [1.807, 2.05) is 0 Å². The van der Waals surface area contributed by atoms with E-state index in [1.165, 1.54) is 40.3 Å². The fourth-order valence-electron chi connectivity index (χ4n) is 3.65. The summed E-state index contributed by atoms with van der Waals surface area (Å²) >= 11 is 1.43. The van der Waals surface area contributed by atoms with E-state index >= 15 is 0 Å². The minimum Gasteiger partial charge on any atom is -0.286 e. The summed E-state index contributed by atoms with van der Waals surface area (Å²) in [7, 11) is -3.52. The normalized spacial score (nSPS) is 17.6. The van der Waals surface area contributed by atoms with Gasteiger partial charge in [-0.05, 0) is 54.8 Å². The molecule has 2 aromatic rings. The number of piperidine rings is 1. The smallest absolute Gasteiger partial charge is 0.259 e. The Bertz CT molecular complexity index is 1060. The Morgan fingerprint density at radius 1 is 0.968 bits per heavy atom. The molecule has 2 aromatic carbocycles. The highest BCUT2D eigenvalue weighted by molar-refractivity contribution is 8.13. The highest BCUT2D eigenvalue weighted by atomic mass is 32.2. The zero-order valence-corrected chi connectivity index (χ0v) is 18.7. The van der Waals surface area contributed by atoms with Crippen LogP contribution in [0.4, 0.5) is 4.39 Å². The molecule has 0 N–H and O–H groups in total. The highest BCUT2D eigenvalue weighted by Crippen LogP contribution is 2.24. The number of carbonyl (C=O) groups is 1. The molecule has 4 rings (SSSR count). The fourth-order valence-corrected chi connectivity index (χ4v) is 6.16. The Hall–Kier alpha value is -2.23. The maximum atomic E-state index is 13.1. The Morgan fingerprint density at radius 2 is 1.65 bits per heavy atom. The molecule has 0 aliphatic carbocycles. The third kappa shape index (κ3) is 4.99. The largest absolute Gasteiger partial charge is 0.286 e. The molecule has 0 radical (unpaired) electrons. The van der Waals surface area contributed by atoms with Crippen LogP contribution < -0.4 is 0 Å². The van der Waals surface area contributed by atoms with Crippen LogP contribution in [0.25, 0.3) is 0 Å². The number of halogens is 1. The molecule has 0 unspecified atom stereocenters. The van der Waals surface area contributed by atoms with E-state index in [9.17, 15) is 17.6 Å². The van der Waals surface area contributed by atoms with Crippen LogP contribution in [0.1, 0.15) is 35.2 Å². The molecule has 2 aliphatic heterocycles. The summed E-state index contributed by atoms with van der Waals surface area (Å²) in [5.41, 5.74) is 1.37. The van der Waals surface area contributed by atoms with Crippen molar-refractivity contribution < 1.29 is 17.6 Å². The van der Waals surface area contributed by atoms with Crippen molar-refractivity contribution in [1.29, 1.82) is 0 Å². The molecule has 31 heavy (non-hydrogen) atoms. The Morgan fingerprint density at radius 3 is 2.32 bits per heavy atom. The molecule has 2 heterocycles. The summed E-state index contributed by atoms with van der Waals surface area (Å²) in [4.78, 5) is 19.2. The van der Waals surface area contributed by atoms with E-state index in [2.05, 4.69) is 4.99 Å². The number of sulfonamides is 1. The van der Waals surface area contributed by atoms with Crippen molar-refractivity contribution in [2.75, 3.05) is 26.2 Å². The number of amidine groups is 1. The van der Waals surface area contributed by atoms with Gasteiger partial charge in [-0.1, -0.05) is 30.3 Å². The predicted octanol–water partition coefficient (Wildman–Crippen LogP) is 3.75. The predicted molar refractivity (Wildman–Crippen MR) is 120 cm³/mol. The van der Waals surface area contributed by atoms with Crippen LogP contribution in [-0.2, 0) is 15.8 Å². The second kappa shape index (κ2) is 9.50. The summed E-state index contributed by atoms with van der Waals surface area (Å²) in [5, 5.41) is 0.624. The van der Waals surface area contributed by atoms with Crippen LogP contribution >= 0.6 is 11.8 Å². The summed E-state index contributed by atoms with van der Waals surface area (Å²) < 4.78 is 40.2. The van der Waals surface area contributed by atoms with Crippen LogP contribution in [0.3, 0.4) is 0 Å². The Balaban J connectivity index is 1.42. The summed E-state index contributed by atoms with van der Waals surface area (Å²) in [6.07, 6.45) is 2.81. The monoisotopic (exact) mass is 461 g/mol. The third-order valence-corrected chi connectivity index (χ3v) is 8.38. The van der Waals surface area contributed by atoms with Gasteiger partial charge in [0.05, 0.1) is 11.4 Å². The van der Waals surface area contributed by atoms with Crippen LogP contribution in [0.15, 0.2) is 58.4 Å². The molecule has 0 spiro atoms. The van der Waals surface area contributed by atoms with Gasteiger partial charge in [0, 0.05) is 31.0 Å². The quantitative estimate of drug-likeness (QED) is 0.680. The SMILES string of the molecule is O=C(c1ccc(S(=O)(=O)N2CCCCC2)cc1)N1CCN=C1SCc1ccc(F)cc1. The molecule has 0 atom stereocenters. The molecule has 0 aromatic heterocycles. The molecule has 2 aliphatic rings. The molecular formula is C22H24FN3O3S2. The van der Waals surface area contributed by atoms with Crippen molar-refractivity contribution in [3.05, 3.63) is 65.5 Å². The number of amides is 1. The number of thioether (sulfide) groups is 1. The minimum atomic E-state index is -3.52. The van der Waals surface area contributed by atoms with Gasteiger partial charge in [-0.2, -0.15) is 4.31 Å². The van der Waals surface area contributed by atoms with Crippen molar-refractivity contribution in [2.45, 2.75) is 29.9 Å². The van der Waals surface area contributed by atoms with Crippen molar-refractivity contribution in [1.82, 2.24) is 9.21 Å². The van der Waals surface area contributed by atoms with Gasteiger partial charge in [-0.25, -0.2) is 12.8 Å². The molecule has 9 heteroatoms. The van der Waals surface area contributed by atoms with Gasteiger partial charge >= 0.3 is 0 Å². The second-order valence-electron chi connectivity index (χ2n) is 7.53. The average Bonchev–Trinajstić information content (AvgIpc) is 3.27. The standard InChI is InChI=1S/C22H24FN3O3S2/c23-19-8-4-17(5-9-19)16-30-22-24-12-15-26(22)21(27)18-6-10-20(11-7-18)31(28,29)25-13-2-1-3-14-25/h4-11H,1-3,12-16H2. The van der Waals surface area contributed by atoms with Gasteiger partial charge in [0.15, 0.2) is 5.17 Å². The van der Waals surface area contributed by atoms with Crippen LogP contribution in [0, 0.1) is 5.82 Å². The molecular weight excluding hydrogens is 437 g/mol. The van der Waals surface area contributed by atoms with Crippen molar-refractivity contribution in [2.24, 2.45) is 4.99 Å². The summed E-state index contributed by atoms with van der Waals surface area (Å²) in [6.45, 7) is 2.10. The first-order valence-electron chi connectivity index (χ1n) is 10.3. The highest BCUT2D eigenvalue weighted by Gasteiger charge is 2.28. The topological polar surface area (TPSA) is 70.1 Å². The van der Waals surface area contributed by atoms with Crippen molar-refractivity contribution in [3.63, 3.8) is 0 Å². The first-order chi connectivity index (χ1) is 14.9. The molecule has 0 bridgehead atoms. The lowest BCUT2D eigenvalue weighted by atomic mass is 10.2. The van der Waals surface area contributed by atoms with Gasteiger partial charge in [-0.3, -0.25) is 14.7 Å². The maximum absolute atomic E-state index is 13.1. The molecule has 1 saturated heterocycles. The van der Waals surface area contributed by atoms with E-state index in [4.69, 9.17) is 0 Å². The molecule has 1 amide bonds. The Kier molecular flexibility index (Phi) is 6.74. The summed E-state index contributed by atoms with van der Waals surface area (Å²) in [5.74, 6) is 0.0925. The lowest BCUT2D eigenvalue weighted by Gasteiger charge is -2.26. The van der Waals surface area contributed by atoms with Crippen molar-refractivity contribution in [3.8, 4) is 0 Å². The van der Waals surface area contributed by atoms with Gasteiger partial charge in [0.1, 0.15) is 5.82 Å². The van der Waals surface area contributed by atoms with Crippen LogP contribution in [-0.4, -0.2) is 54.9 Å². The lowest BCUT2D eigenvalue weighted by Crippen LogP contribution is -2.35. The Labute approximate surface area is 186 Å². The number of nitrogens with zero attached hydrogens (tertiary/aromatic N) is 3. The molecule has 164 valence electrons. The van der Waals surface area contributed by atoms with E-state index in [1.54, 1.807) is 29.2 Å². The second-order valence-corrected chi connectivity index (χ2v) is 10.4. The van der Waals surface area contributed by atoms with Crippen LogP contribution in [0.2, 0.25) is 0 Å². The van der Waals surface area contributed by atoms with E-state index < -0.39 is 10.0 Å². The number of hydrogen-bond donors (Lipinski definition) is 0. The van der Waals surface area contributed by atoms with Gasteiger partial charge in [-0.15, -0.1) is 0 Å². The maximum Gasteiger partial charge on any atom is 0.259 e. The number of aliphatic imine (C=N–C) groups is 1. The zero-order valence-electron chi connectivity index (χ0n) is 17.0. The summed E-state index contributed by atoms with van der Waals surface area (Å²) in [6, 6.07) is 12.4. The van der Waals surface area contributed by atoms with Gasteiger partial charge in [0.25, 0.3) is 5.91 Å². The fraction of sp³-hybridized carbons (Fsp3) is 0.364. The first kappa shape index (κ1) is 22.0. The third-order valence-electron chi connectivity index (χ3n) is 5.38. The van der Waals surface area contributed by atoms with Gasteiger partial charge in [0.2, 0.25) is 10.0 Å². The number of hydrogen-bond acceptors (Lipinski definition) is 5. The van der Waals surface area contributed by atoms with E-state index in [0.717, 1.165) is 24.8 Å². The number of carbonyl (C=O) groups excluding carboxylic acids is 1. The average molecular weight is 462 g/mol. The molecule has 0 saturated carbocycles. The van der Waals surface area contributed by atoms with E-state index in [-0.39, 0.29) is 16.6 Å². The van der Waals surface area contributed by atoms with Gasteiger partial charge < -0.3 is 0 Å². The lowest BCUT2D eigenvalue weighted by molar-refractivity contribution is 0.0860.